The lowest BCUT2D eigenvalue weighted by atomic mass is 9.79. The number of hydrogen-bond acceptors (Lipinski definition) is 3. The van der Waals surface area contributed by atoms with Crippen LogP contribution in [0.4, 0.5) is 0 Å². The number of benzene rings is 5. The van der Waals surface area contributed by atoms with Gasteiger partial charge in [0.25, 0.3) is 0 Å². The predicted molar refractivity (Wildman–Crippen MR) is 197 cm³/mol. The van der Waals surface area contributed by atoms with Crippen LogP contribution in [0.2, 0.25) is 0 Å². The summed E-state index contributed by atoms with van der Waals surface area (Å²) in [6, 6.07) is 38.3. The molecule has 0 radical (unpaired) electrons. The highest BCUT2D eigenvalue weighted by atomic mass is 16.3. The van der Waals surface area contributed by atoms with Gasteiger partial charge in [-0.3, -0.25) is 4.98 Å². The second kappa shape index (κ2) is 11.2. The van der Waals surface area contributed by atoms with Crippen molar-refractivity contribution in [3.63, 3.8) is 0 Å². The third kappa shape index (κ3) is 5.48. The van der Waals surface area contributed by atoms with E-state index in [0.29, 0.717) is 5.75 Å². The maximum atomic E-state index is 11.7. The molecule has 2 heterocycles. The number of pyridine rings is 1. The van der Waals surface area contributed by atoms with Gasteiger partial charge < -0.3 is 9.67 Å². The van der Waals surface area contributed by atoms with Crippen LogP contribution in [0, 0.1) is 0 Å². The highest BCUT2D eigenvalue weighted by molar-refractivity contribution is 6.03. The van der Waals surface area contributed by atoms with Gasteiger partial charge in [-0.2, -0.15) is 0 Å². The molecule has 7 rings (SSSR count). The maximum absolute atomic E-state index is 11.7. The number of aryl methyl sites for hydroxylation is 1. The Morgan fingerprint density at radius 3 is 2.11 bits per heavy atom. The van der Waals surface area contributed by atoms with E-state index in [1.807, 2.05) is 19.3 Å². The molecule has 4 heteroatoms. The monoisotopic (exact) mass is 615 g/mol. The molecule has 2 aromatic heterocycles. The van der Waals surface area contributed by atoms with Crippen LogP contribution in [-0.2, 0) is 17.9 Å². The number of fused-ring (bicyclic) bond motifs is 2. The first-order valence-electron chi connectivity index (χ1n) is 16.3. The smallest absolute Gasteiger partial charge is 0.144 e. The van der Waals surface area contributed by atoms with Crippen molar-refractivity contribution in [2.24, 2.45) is 7.05 Å². The number of phenols is 1. The third-order valence-corrected chi connectivity index (χ3v) is 9.25. The average molecular weight is 616 g/mol. The van der Waals surface area contributed by atoms with Crippen LogP contribution in [0.1, 0.15) is 52.7 Å². The van der Waals surface area contributed by atoms with E-state index in [-0.39, 0.29) is 10.8 Å². The highest BCUT2D eigenvalue weighted by Gasteiger charge is 2.27. The van der Waals surface area contributed by atoms with Gasteiger partial charge in [-0.1, -0.05) is 114 Å². The van der Waals surface area contributed by atoms with E-state index in [2.05, 4.69) is 149 Å². The van der Waals surface area contributed by atoms with Crippen LogP contribution in [-0.4, -0.2) is 19.6 Å². The molecule has 0 aliphatic heterocycles. The number of nitrogens with zero attached hydrogens (tertiary/aromatic N) is 3. The fourth-order valence-corrected chi connectivity index (χ4v) is 6.56. The number of imidazole rings is 1. The van der Waals surface area contributed by atoms with Crippen molar-refractivity contribution in [3.05, 3.63) is 127 Å². The molecular formula is C43H41N3O. The molecular weight excluding hydrogens is 574 g/mol. The van der Waals surface area contributed by atoms with Gasteiger partial charge in [-0.05, 0) is 80.3 Å². The summed E-state index contributed by atoms with van der Waals surface area (Å²) < 4.78 is 2.11. The summed E-state index contributed by atoms with van der Waals surface area (Å²) in [6.07, 6.45) is 1.90. The zero-order valence-electron chi connectivity index (χ0n) is 28.3. The molecule has 0 saturated heterocycles. The highest BCUT2D eigenvalue weighted by Crippen LogP contribution is 2.43. The van der Waals surface area contributed by atoms with Crippen molar-refractivity contribution in [3.8, 4) is 50.6 Å². The summed E-state index contributed by atoms with van der Waals surface area (Å²) in [4.78, 5) is 10.1. The summed E-state index contributed by atoms with van der Waals surface area (Å²) in [6.45, 7) is 13.1. The summed E-state index contributed by atoms with van der Waals surface area (Å²) in [5.41, 5.74) is 10.9. The largest absolute Gasteiger partial charge is 0.507 e. The number of rotatable bonds is 4. The van der Waals surface area contributed by atoms with Gasteiger partial charge in [0.2, 0.25) is 0 Å². The zero-order valence-corrected chi connectivity index (χ0v) is 28.3. The van der Waals surface area contributed by atoms with E-state index >= 15 is 0 Å². The lowest BCUT2D eigenvalue weighted by molar-refractivity contribution is 0.446. The minimum atomic E-state index is -0.233. The molecule has 0 aliphatic carbocycles. The minimum absolute atomic E-state index is 0.0917. The van der Waals surface area contributed by atoms with Crippen LogP contribution in [0.3, 0.4) is 0 Å². The Balaban J connectivity index is 1.44. The van der Waals surface area contributed by atoms with Gasteiger partial charge in [0.15, 0.2) is 0 Å². The van der Waals surface area contributed by atoms with Crippen LogP contribution >= 0.6 is 0 Å². The van der Waals surface area contributed by atoms with E-state index < -0.39 is 0 Å². The Morgan fingerprint density at radius 1 is 0.617 bits per heavy atom. The summed E-state index contributed by atoms with van der Waals surface area (Å²) in [5.74, 6) is 1.04. The van der Waals surface area contributed by atoms with Gasteiger partial charge >= 0.3 is 0 Å². The van der Waals surface area contributed by atoms with Crippen LogP contribution in [0.25, 0.3) is 66.7 Å². The second-order valence-electron chi connectivity index (χ2n) is 14.6. The lowest BCUT2D eigenvalue weighted by Crippen LogP contribution is -2.17. The van der Waals surface area contributed by atoms with E-state index in [4.69, 9.17) is 9.97 Å². The lowest BCUT2D eigenvalue weighted by Gasteiger charge is -2.27. The normalized spacial score (nSPS) is 12.2. The first-order valence-corrected chi connectivity index (χ1v) is 16.3. The molecule has 234 valence electrons. The Hall–Kier alpha value is -5.22. The van der Waals surface area contributed by atoms with E-state index in [1.54, 1.807) is 0 Å². The average Bonchev–Trinajstić information content (AvgIpc) is 3.39. The van der Waals surface area contributed by atoms with E-state index in [1.165, 1.54) is 5.56 Å². The van der Waals surface area contributed by atoms with Crippen molar-refractivity contribution in [2.45, 2.75) is 52.4 Å². The number of phenolic OH excluding ortho intramolecular Hbond substituents is 1. The Bertz CT molecular complexity index is 2280. The molecule has 47 heavy (non-hydrogen) atoms. The summed E-state index contributed by atoms with van der Waals surface area (Å²) >= 11 is 0. The molecule has 4 nitrogen and oxygen atoms in total. The van der Waals surface area contributed by atoms with Crippen LogP contribution in [0.5, 0.6) is 5.75 Å². The maximum Gasteiger partial charge on any atom is 0.144 e. The third-order valence-electron chi connectivity index (χ3n) is 9.25. The Morgan fingerprint density at radius 2 is 1.36 bits per heavy atom. The first kappa shape index (κ1) is 30.4. The topological polar surface area (TPSA) is 50.9 Å². The van der Waals surface area contributed by atoms with Crippen molar-refractivity contribution in [1.29, 1.82) is 0 Å². The quantitative estimate of drug-likeness (QED) is 0.214. The molecule has 0 unspecified atom stereocenters. The van der Waals surface area contributed by atoms with Gasteiger partial charge in [0.1, 0.15) is 11.6 Å². The second-order valence-corrected chi connectivity index (χ2v) is 14.6. The number of para-hydroxylation sites is 1. The number of aromatic nitrogens is 3. The van der Waals surface area contributed by atoms with Crippen LogP contribution < -0.4 is 0 Å². The molecule has 0 fully saturated rings. The number of hydrogen-bond donors (Lipinski definition) is 1. The summed E-state index contributed by atoms with van der Waals surface area (Å²) in [5, 5.41) is 14.0. The van der Waals surface area contributed by atoms with Gasteiger partial charge in [-0.15, -0.1) is 0 Å². The standard InChI is InChI=1S/C43H41N3O/c1-42(2,3)31-25-35(40(47)36(26-31)43(4,5)6)41-45-39-33(18-13-19-38(39)46(41)7)30-22-29-16-11-12-17-32(29)34(23-30)37-24-28(20-21-44-37)27-14-9-8-10-15-27/h8-26,47H,1-7H3. The minimum Gasteiger partial charge on any atom is -0.507 e. The van der Waals surface area contributed by atoms with Crippen molar-refractivity contribution in [2.75, 3.05) is 0 Å². The molecule has 0 bridgehead atoms. The van der Waals surface area contributed by atoms with E-state index in [0.717, 1.165) is 72.3 Å². The zero-order chi connectivity index (χ0) is 33.1. The Kier molecular flexibility index (Phi) is 7.28. The fourth-order valence-electron chi connectivity index (χ4n) is 6.56. The van der Waals surface area contributed by atoms with Gasteiger partial charge in [0, 0.05) is 29.9 Å². The molecule has 0 spiro atoms. The van der Waals surface area contributed by atoms with Crippen molar-refractivity contribution >= 4 is 21.8 Å². The Labute approximate surface area is 277 Å². The van der Waals surface area contributed by atoms with Crippen LogP contribution in [0.15, 0.2) is 115 Å². The van der Waals surface area contributed by atoms with Gasteiger partial charge in [-0.25, -0.2) is 4.98 Å². The molecule has 1 N–H and O–H groups in total. The SMILES string of the molecule is Cn1c(-c2cc(C(C)(C)C)cc(C(C)(C)C)c2O)nc2c(-c3cc(-c4cc(-c5ccccc5)ccn4)c4ccccc4c3)cccc21. The molecule has 5 aromatic carbocycles. The molecule has 0 aliphatic rings. The predicted octanol–water partition coefficient (Wildman–Crippen LogP) is 11.1. The van der Waals surface area contributed by atoms with Gasteiger partial charge in [0.05, 0.1) is 22.3 Å². The molecule has 0 amide bonds. The molecule has 7 aromatic rings. The van der Waals surface area contributed by atoms with E-state index in [9.17, 15) is 5.11 Å². The summed E-state index contributed by atoms with van der Waals surface area (Å²) in [7, 11) is 2.04. The molecule has 0 atom stereocenters. The van der Waals surface area contributed by atoms with Crippen molar-refractivity contribution < 1.29 is 5.11 Å². The van der Waals surface area contributed by atoms with Crippen molar-refractivity contribution in [1.82, 2.24) is 14.5 Å². The first-order chi connectivity index (χ1) is 22.4. The molecule has 0 saturated carbocycles. The fraction of sp³-hybridized carbons (Fsp3) is 0.209. The number of aromatic hydroxyl groups is 1.